The van der Waals surface area contributed by atoms with Gasteiger partial charge in [-0.05, 0) is 37.3 Å². The van der Waals surface area contributed by atoms with Gasteiger partial charge in [-0.2, -0.15) is 15.2 Å². The molecule has 0 saturated heterocycles. The lowest BCUT2D eigenvalue weighted by atomic mass is 10.2. The molecule has 0 aliphatic rings. The monoisotopic (exact) mass is 388 g/mol. The summed E-state index contributed by atoms with van der Waals surface area (Å²) in [4.78, 5) is 10.3. The molecule has 5 rings (SSSR count). The third kappa shape index (κ3) is 3.02. The lowest BCUT2D eigenvalue weighted by Gasteiger charge is -2.23. The molecule has 0 bridgehead atoms. The van der Waals surface area contributed by atoms with Gasteiger partial charge in [0.1, 0.15) is 0 Å². The summed E-state index contributed by atoms with van der Waals surface area (Å²) < 4.78 is 14.7. The third-order valence-electron chi connectivity index (χ3n) is 4.75. The molecule has 144 valence electrons. The highest BCUT2D eigenvalue weighted by Gasteiger charge is 2.18. The molecular formula is C20H17FN8. The summed E-state index contributed by atoms with van der Waals surface area (Å²) in [5, 5.41) is 19.0. The zero-order chi connectivity index (χ0) is 19.8. The van der Waals surface area contributed by atoms with Crippen molar-refractivity contribution in [1.82, 2.24) is 30.4 Å². The maximum atomic E-state index is 14.7. The molecule has 0 amide bonds. The van der Waals surface area contributed by atoms with E-state index in [1.54, 1.807) is 17.3 Å². The van der Waals surface area contributed by atoms with Crippen LogP contribution in [0.1, 0.15) is 6.92 Å². The summed E-state index contributed by atoms with van der Waals surface area (Å²) in [6.07, 6.45) is 4.66. The van der Waals surface area contributed by atoms with Crippen molar-refractivity contribution in [2.75, 3.05) is 16.8 Å². The molecule has 9 heteroatoms. The number of aromatic nitrogens is 6. The Morgan fingerprint density at radius 3 is 2.79 bits per heavy atom. The van der Waals surface area contributed by atoms with Gasteiger partial charge in [-0.25, -0.2) is 9.37 Å². The molecule has 0 aliphatic heterocycles. The van der Waals surface area contributed by atoms with Gasteiger partial charge in [-0.1, -0.05) is 6.07 Å². The van der Waals surface area contributed by atoms with Crippen molar-refractivity contribution < 1.29 is 4.39 Å². The normalized spacial score (nSPS) is 11.2. The predicted octanol–water partition coefficient (Wildman–Crippen LogP) is 4.27. The molecule has 0 atom stereocenters. The second kappa shape index (κ2) is 6.86. The van der Waals surface area contributed by atoms with E-state index in [1.165, 1.54) is 6.20 Å². The second-order valence-electron chi connectivity index (χ2n) is 6.51. The number of nitrogens with one attached hydrogen (secondary N) is 3. The van der Waals surface area contributed by atoms with Gasteiger partial charge in [0.05, 0.1) is 35.3 Å². The van der Waals surface area contributed by atoms with Crippen LogP contribution in [0.25, 0.3) is 21.8 Å². The number of hydrogen-bond acceptors (Lipinski definition) is 6. The fourth-order valence-electron chi connectivity index (χ4n) is 3.37. The van der Waals surface area contributed by atoms with Gasteiger partial charge in [0.25, 0.3) is 0 Å². The molecule has 29 heavy (non-hydrogen) atoms. The summed E-state index contributed by atoms with van der Waals surface area (Å²) in [5.74, 6) is 0.00122. The standard InChI is InChI=1S/C20H17FN8/c1-2-29(18-5-3-4-16-14(18)10-24-27-16)19-15(21)11-22-20(26-19)25-13-7-6-12-9-23-28-17(12)8-13/h3-11H,2H2,1H3,(H,23,28)(H,24,27)(H,22,25,26). The maximum Gasteiger partial charge on any atom is 0.229 e. The molecule has 0 unspecified atom stereocenters. The van der Waals surface area contributed by atoms with E-state index in [0.717, 1.165) is 33.2 Å². The summed E-state index contributed by atoms with van der Waals surface area (Å²) in [6, 6.07) is 11.5. The number of nitrogens with zero attached hydrogens (tertiary/aromatic N) is 5. The Labute approximate surface area is 164 Å². The largest absolute Gasteiger partial charge is 0.324 e. The smallest absolute Gasteiger partial charge is 0.229 e. The van der Waals surface area contributed by atoms with Crippen LogP contribution in [0.5, 0.6) is 0 Å². The van der Waals surface area contributed by atoms with Gasteiger partial charge in [-0.3, -0.25) is 10.2 Å². The number of benzene rings is 2. The molecular weight excluding hydrogens is 371 g/mol. The van der Waals surface area contributed by atoms with Crippen molar-refractivity contribution in [2.45, 2.75) is 6.92 Å². The zero-order valence-electron chi connectivity index (χ0n) is 15.5. The fourth-order valence-corrected chi connectivity index (χ4v) is 3.37. The van der Waals surface area contributed by atoms with Crippen LogP contribution in [0.4, 0.5) is 27.5 Å². The first-order valence-corrected chi connectivity index (χ1v) is 9.15. The van der Waals surface area contributed by atoms with Crippen LogP contribution in [0, 0.1) is 5.82 Å². The van der Waals surface area contributed by atoms with Crippen molar-refractivity contribution in [3.05, 3.63) is 60.8 Å². The van der Waals surface area contributed by atoms with Crippen molar-refractivity contribution in [3.8, 4) is 0 Å². The second-order valence-corrected chi connectivity index (χ2v) is 6.51. The number of H-pyrrole nitrogens is 2. The molecule has 2 aromatic carbocycles. The topological polar surface area (TPSA) is 98.4 Å². The van der Waals surface area contributed by atoms with Crippen LogP contribution in [-0.2, 0) is 0 Å². The van der Waals surface area contributed by atoms with E-state index in [1.807, 2.05) is 43.3 Å². The van der Waals surface area contributed by atoms with E-state index in [2.05, 4.69) is 35.7 Å². The number of halogens is 1. The summed E-state index contributed by atoms with van der Waals surface area (Å²) in [6.45, 7) is 2.47. The highest BCUT2D eigenvalue weighted by Crippen LogP contribution is 2.32. The van der Waals surface area contributed by atoms with Gasteiger partial charge >= 0.3 is 0 Å². The lowest BCUT2D eigenvalue weighted by molar-refractivity contribution is 0.612. The van der Waals surface area contributed by atoms with Gasteiger partial charge in [0, 0.05) is 23.0 Å². The molecule has 0 saturated carbocycles. The maximum absolute atomic E-state index is 14.7. The minimum Gasteiger partial charge on any atom is -0.324 e. The highest BCUT2D eigenvalue weighted by atomic mass is 19.1. The average Bonchev–Trinajstić information content (AvgIpc) is 3.40. The Hall–Kier alpha value is -4.01. The first-order chi connectivity index (χ1) is 14.2. The van der Waals surface area contributed by atoms with Crippen LogP contribution in [0.15, 0.2) is 55.0 Å². The summed E-state index contributed by atoms with van der Waals surface area (Å²) >= 11 is 0. The predicted molar refractivity (Wildman–Crippen MR) is 110 cm³/mol. The number of anilines is 4. The number of rotatable bonds is 5. The van der Waals surface area contributed by atoms with E-state index >= 15 is 0 Å². The van der Waals surface area contributed by atoms with Crippen LogP contribution in [0.2, 0.25) is 0 Å². The van der Waals surface area contributed by atoms with E-state index in [9.17, 15) is 4.39 Å². The third-order valence-corrected chi connectivity index (χ3v) is 4.75. The molecule has 0 aliphatic carbocycles. The Kier molecular flexibility index (Phi) is 4.05. The van der Waals surface area contributed by atoms with Crippen LogP contribution < -0.4 is 10.2 Å². The zero-order valence-corrected chi connectivity index (χ0v) is 15.5. The number of aromatic amines is 2. The Balaban J connectivity index is 1.53. The van der Waals surface area contributed by atoms with E-state index in [0.29, 0.717) is 12.5 Å². The van der Waals surface area contributed by atoms with E-state index < -0.39 is 5.82 Å². The van der Waals surface area contributed by atoms with E-state index in [4.69, 9.17) is 0 Å². The number of fused-ring (bicyclic) bond motifs is 2. The van der Waals surface area contributed by atoms with Crippen LogP contribution in [-0.4, -0.2) is 36.9 Å². The van der Waals surface area contributed by atoms with Gasteiger partial charge < -0.3 is 10.2 Å². The van der Waals surface area contributed by atoms with Gasteiger partial charge in [-0.15, -0.1) is 0 Å². The van der Waals surface area contributed by atoms with Crippen molar-refractivity contribution in [2.24, 2.45) is 0 Å². The lowest BCUT2D eigenvalue weighted by Crippen LogP contribution is -2.20. The fraction of sp³-hybridized carbons (Fsp3) is 0.100. The minimum atomic E-state index is -0.498. The van der Waals surface area contributed by atoms with Crippen molar-refractivity contribution >= 4 is 44.9 Å². The van der Waals surface area contributed by atoms with Crippen molar-refractivity contribution in [3.63, 3.8) is 0 Å². The van der Waals surface area contributed by atoms with Crippen LogP contribution >= 0.6 is 0 Å². The molecule has 0 fully saturated rings. The Morgan fingerprint density at radius 2 is 1.90 bits per heavy atom. The first kappa shape index (κ1) is 17.1. The minimum absolute atomic E-state index is 0.196. The SMILES string of the molecule is CCN(c1nc(Nc2ccc3cn[nH]c3c2)ncc1F)c1cccc2[nH]ncc12. The molecule has 3 aromatic heterocycles. The molecule has 0 spiro atoms. The summed E-state index contributed by atoms with van der Waals surface area (Å²) in [5.41, 5.74) is 3.36. The van der Waals surface area contributed by atoms with E-state index in [-0.39, 0.29) is 5.82 Å². The van der Waals surface area contributed by atoms with Gasteiger partial charge in [0.15, 0.2) is 11.6 Å². The molecule has 3 heterocycles. The average molecular weight is 388 g/mol. The quantitative estimate of drug-likeness (QED) is 0.416. The molecule has 0 radical (unpaired) electrons. The van der Waals surface area contributed by atoms with Gasteiger partial charge in [0.2, 0.25) is 5.95 Å². The van der Waals surface area contributed by atoms with Crippen LogP contribution in [0.3, 0.4) is 0 Å². The summed E-state index contributed by atoms with van der Waals surface area (Å²) in [7, 11) is 0. The Morgan fingerprint density at radius 1 is 1.03 bits per heavy atom. The molecule has 3 N–H and O–H groups in total. The Bertz CT molecular complexity index is 1310. The first-order valence-electron chi connectivity index (χ1n) is 9.15. The number of hydrogen-bond donors (Lipinski definition) is 3. The highest BCUT2D eigenvalue weighted by molar-refractivity contribution is 5.93. The molecule has 8 nitrogen and oxygen atoms in total. The van der Waals surface area contributed by atoms with Crippen molar-refractivity contribution in [1.29, 1.82) is 0 Å². The molecule has 5 aromatic rings.